The molecule has 1 aliphatic heterocycles. The number of nitrogens with zero attached hydrogens (tertiary/aromatic N) is 2. The molecule has 1 saturated carbocycles. The van der Waals surface area contributed by atoms with Crippen LogP contribution in [0.5, 0.6) is 0 Å². The van der Waals surface area contributed by atoms with E-state index in [1.165, 1.54) is 0 Å². The van der Waals surface area contributed by atoms with E-state index >= 15 is 0 Å². The third-order valence-electron chi connectivity index (χ3n) is 3.99. The van der Waals surface area contributed by atoms with Gasteiger partial charge in [0.15, 0.2) is 0 Å². The van der Waals surface area contributed by atoms with Crippen LogP contribution in [0.25, 0.3) is 0 Å². The van der Waals surface area contributed by atoms with Crippen molar-refractivity contribution in [2.24, 2.45) is 5.92 Å². The minimum absolute atomic E-state index is 0.000808. The maximum Gasteiger partial charge on any atom is 0.245 e. The lowest BCUT2D eigenvalue weighted by atomic mass is 10.1. The Kier molecular flexibility index (Phi) is 3.67. The first-order valence-electron chi connectivity index (χ1n) is 7.21. The van der Waals surface area contributed by atoms with Crippen LogP contribution in [0.4, 0.5) is 0 Å². The Labute approximate surface area is 118 Å². The van der Waals surface area contributed by atoms with Crippen molar-refractivity contribution in [3.8, 4) is 0 Å². The van der Waals surface area contributed by atoms with E-state index in [0.29, 0.717) is 25.4 Å². The van der Waals surface area contributed by atoms with Gasteiger partial charge in [0.2, 0.25) is 11.8 Å². The number of carbonyl (C=O) groups excluding carboxylic acids is 2. The number of aromatic nitrogens is 1. The van der Waals surface area contributed by atoms with E-state index in [2.05, 4.69) is 10.3 Å². The largest absolute Gasteiger partial charge is 0.344 e. The molecule has 5 nitrogen and oxygen atoms in total. The molecule has 0 aromatic carbocycles. The van der Waals surface area contributed by atoms with Crippen LogP contribution < -0.4 is 5.32 Å². The molecule has 1 N–H and O–H groups in total. The molecule has 3 rings (SSSR count). The first kappa shape index (κ1) is 13.1. The Bertz CT molecular complexity index is 499. The smallest absolute Gasteiger partial charge is 0.245 e. The molecule has 20 heavy (non-hydrogen) atoms. The van der Waals surface area contributed by atoms with Crippen molar-refractivity contribution in [3.63, 3.8) is 0 Å². The summed E-state index contributed by atoms with van der Waals surface area (Å²) in [6, 6.07) is 3.62. The quantitative estimate of drug-likeness (QED) is 0.880. The van der Waals surface area contributed by atoms with E-state index in [9.17, 15) is 9.59 Å². The highest BCUT2D eigenvalue weighted by Crippen LogP contribution is 2.34. The number of nitrogens with one attached hydrogen (secondary N) is 1. The lowest BCUT2D eigenvalue weighted by Crippen LogP contribution is -2.46. The predicted molar refractivity (Wildman–Crippen MR) is 73.8 cm³/mol. The van der Waals surface area contributed by atoms with Crippen molar-refractivity contribution >= 4 is 11.8 Å². The van der Waals surface area contributed by atoms with Gasteiger partial charge in [0.25, 0.3) is 0 Å². The Balaban J connectivity index is 1.64. The summed E-state index contributed by atoms with van der Waals surface area (Å²) in [4.78, 5) is 30.1. The van der Waals surface area contributed by atoms with Crippen molar-refractivity contribution in [3.05, 3.63) is 30.1 Å². The van der Waals surface area contributed by atoms with Gasteiger partial charge in [-0.3, -0.25) is 14.6 Å². The van der Waals surface area contributed by atoms with Gasteiger partial charge in [-0.2, -0.15) is 0 Å². The molecule has 1 aliphatic carbocycles. The molecule has 5 heteroatoms. The van der Waals surface area contributed by atoms with Crippen LogP contribution in [0.2, 0.25) is 0 Å². The van der Waals surface area contributed by atoms with E-state index in [1.807, 2.05) is 23.2 Å². The van der Waals surface area contributed by atoms with Gasteiger partial charge in [-0.1, -0.05) is 6.07 Å². The van der Waals surface area contributed by atoms with Crippen molar-refractivity contribution < 1.29 is 9.59 Å². The molecule has 2 fully saturated rings. The number of pyridine rings is 1. The minimum atomic E-state index is -0.293. The maximum atomic E-state index is 12.5. The van der Waals surface area contributed by atoms with Gasteiger partial charge >= 0.3 is 0 Å². The number of carbonyl (C=O) groups is 2. The lowest BCUT2D eigenvalue weighted by molar-refractivity contribution is -0.134. The Morgan fingerprint density at radius 1 is 1.35 bits per heavy atom. The van der Waals surface area contributed by atoms with Gasteiger partial charge < -0.3 is 10.2 Å². The zero-order valence-corrected chi connectivity index (χ0v) is 11.4. The second-order valence-electron chi connectivity index (χ2n) is 5.57. The Morgan fingerprint density at radius 2 is 2.20 bits per heavy atom. The molecule has 1 aromatic heterocycles. The van der Waals surface area contributed by atoms with Gasteiger partial charge in [-0.15, -0.1) is 0 Å². The van der Waals surface area contributed by atoms with E-state index in [4.69, 9.17) is 0 Å². The summed E-state index contributed by atoms with van der Waals surface area (Å²) < 4.78 is 0. The van der Waals surface area contributed by atoms with E-state index < -0.39 is 0 Å². The predicted octanol–water partition coefficient (Wildman–Crippen LogP) is 0.751. The topological polar surface area (TPSA) is 62.3 Å². The fraction of sp³-hybridized carbons (Fsp3) is 0.533. The molecule has 2 aliphatic rings. The van der Waals surface area contributed by atoms with Crippen molar-refractivity contribution in [1.82, 2.24) is 15.2 Å². The standard InChI is InChI=1S/C15H19N3O2/c19-13-6-9-18(8-5-11-2-1-7-16-10-11)15(20)14(17-13)12-3-4-12/h1-2,7,10,12,14H,3-6,8-9H2,(H,17,19). The summed E-state index contributed by atoms with van der Waals surface area (Å²) in [5.74, 6) is 0.437. The average Bonchev–Trinajstić information content (AvgIpc) is 3.29. The SMILES string of the molecule is O=C1CCN(CCc2cccnc2)C(=O)C(C2CC2)N1. The number of hydrogen-bond donors (Lipinski definition) is 1. The van der Waals surface area contributed by atoms with Crippen molar-refractivity contribution in [2.75, 3.05) is 13.1 Å². The number of amides is 2. The molecule has 1 atom stereocenters. The van der Waals surface area contributed by atoms with Gasteiger partial charge in [0.1, 0.15) is 6.04 Å². The van der Waals surface area contributed by atoms with Crippen LogP contribution in [0, 0.1) is 5.92 Å². The van der Waals surface area contributed by atoms with E-state index in [-0.39, 0.29) is 17.9 Å². The summed E-state index contributed by atoms with van der Waals surface area (Å²) in [6.45, 7) is 1.18. The van der Waals surface area contributed by atoms with Crippen LogP contribution in [-0.2, 0) is 16.0 Å². The summed E-state index contributed by atoms with van der Waals surface area (Å²) in [6.07, 6.45) is 6.85. The Hall–Kier alpha value is -1.91. The highest BCUT2D eigenvalue weighted by atomic mass is 16.2. The van der Waals surface area contributed by atoms with Crippen LogP contribution >= 0.6 is 0 Å². The molecule has 0 bridgehead atoms. The van der Waals surface area contributed by atoms with Crippen LogP contribution in [0.3, 0.4) is 0 Å². The fourth-order valence-electron chi connectivity index (χ4n) is 2.63. The summed E-state index contributed by atoms with van der Waals surface area (Å²) in [5.41, 5.74) is 1.12. The molecule has 1 unspecified atom stereocenters. The second kappa shape index (κ2) is 5.61. The van der Waals surface area contributed by atoms with Crippen LogP contribution in [-0.4, -0.2) is 40.8 Å². The average molecular weight is 273 g/mol. The van der Waals surface area contributed by atoms with Crippen molar-refractivity contribution in [1.29, 1.82) is 0 Å². The monoisotopic (exact) mass is 273 g/mol. The van der Waals surface area contributed by atoms with Crippen LogP contribution in [0.15, 0.2) is 24.5 Å². The van der Waals surface area contributed by atoms with Crippen LogP contribution in [0.1, 0.15) is 24.8 Å². The summed E-state index contributed by atoms with van der Waals surface area (Å²) in [7, 11) is 0. The van der Waals surface area contributed by atoms with Crippen molar-refractivity contribution in [2.45, 2.75) is 31.7 Å². The third-order valence-corrected chi connectivity index (χ3v) is 3.99. The van der Waals surface area contributed by atoms with E-state index in [0.717, 1.165) is 24.8 Å². The molecule has 2 amide bonds. The number of rotatable bonds is 4. The Morgan fingerprint density at radius 3 is 2.90 bits per heavy atom. The first-order chi connectivity index (χ1) is 9.74. The zero-order chi connectivity index (χ0) is 13.9. The fourth-order valence-corrected chi connectivity index (χ4v) is 2.63. The highest BCUT2D eigenvalue weighted by molar-refractivity contribution is 5.90. The molecule has 2 heterocycles. The molecule has 106 valence electrons. The number of hydrogen-bond acceptors (Lipinski definition) is 3. The zero-order valence-electron chi connectivity index (χ0n) is 11.4. The molecule has 0 spiro atoms. The third kappa shape index (κ3) is 2.98. The lowest BCUT2D eigenvalue weighted by Gasteiger charge is -2.24. The van der Waals surface area contributed by atoms with Gasteiger partial charge in [0.05, 0.1) is 0 Å². The van der Waals surface area contributed by atoms with Gasteiger partial charge in [-0.25, -0.2) is 0 Å². The minimum Gasteiger partial charge on any atom is -0.344 e. The van der Waals surface area contributed by atoms with E-state index in [1.54, 1.807) is 6.20 Å². The molecular formula is C15H19N3O2. The highest BCUT2D eigenvalue weighted by Gasteiger charge is 2.40. The summed E-state index contributed by atoms with van der Waals surface area (Å²) >= 11 is 0. The normalized spacial score (nSPS) is 23.4. The van der Waals surface area contributed by atoms with Gasteiger partial charge in [-0.05, 0) is 36.8 Å². The molecular weight excluding hydrogens is 254 g/mol. The molecule has 1 saturated heterocycles. The molecule has 1 aromatic rings. The second-order valence-corrected chi connectivity index (χ2v) is 5.57. The van der Waals surface area contributed by atoms with Gasteiger partial charge in [0, 0.05) is 31.9 Å². The maximum absolute atomic E-state index is 12.5. The summed E-state index contributed by atoms with van der Waals surface area (Å²) in [5, 5.41) is 2.88. The first-order valence-corrected chi connectivity index (χ1v) is 7.21. The molecule has 0 radical (unpaired) electrons.